The molecule has 1 aromatic rings. The van der Waals surface area contributed by atoms with Gasteiger partial charge in [-0.2, -0.15) is 4.98 Å². The molecule has 1 rings (SSSR count). The van der Waals surface area contributed by atoms with Crippen molar-refractivity contribution >= 4 is 11.9 Å². The molecule has 1 aromatic heterocycles. The second-order valence-corrected chi connectivity index (χ2v) is 3.94. The molecule has 0 saturated carbocycles. The molecule has 0 aliphatic heterocycles. The largest absolute Gasteiger partial charge is 0.368 e. The minimum Gasteiger partial charge on any atom is -0.368 e. The number of anilines is 2. The monoisotopic (exact) mass is 211 g/mol. The fourth-order valence-corrected chi connectivity index (χ4v) is 1.51. The van der Waals surface area contributed by atoms with E-state index >= 15 is 0 Å². The lowest BCUT2D eigenvalue weighted by Gasteiger charge is -2.11. The molecule has 1 atom stereocenters. The van der Waals surface area contributed by atoms with Crippen LogP contribution in [0, 0.1) is 0 Å². The number of aromatic amines is 1. The molecule has 1 heterocycles. The lowest BCUT2D eigenvalue weighted by atomic mass is 10.1. The summed E-state index contributed by atoms with van der Waals surface area (Å²) in [6.07, 6.45) is 6.30. The number of nitrogens with zero attached hydrogens (tertiary/aromatic N) is 2. The van der Waals surface area contributed by atoms with Crippen LogP contribution in [-0.4, -0.2) is 21.2 Å². The number of nitrogen functional groups attached to an aromatic ring is 1. The maximum atomic E-state index is 5.42. The molecule has 0 saturated heterocycles. The SMILES string of the molecule is CCCCCCC(C)Nc1n[nH]c(N)n1. The van der Waals surface area contributed by atoms with Crippen LogP contribution >= 0.6 is 0 Å². The second kappa shape index (κ2) is 6.27. The third-order valence-corrected chi connectivity index (χ3v) is 2.37. The van der Waals surface area contributed by atoms with Gasteiger partial charge in [-0.05, 0) is 13.3 Å². The highest BCUT2D eigenvalue weighted by Gasteiger charge is 2.05. The second-order valence-electron chi connectivity index (χ2n) is 3.94. The molecular formula is C10H21N5. The van der Waals surface area contributed by atoms with Crippen molar-refractivity contribution in [2.24, 2.45) is 0 Å². The van der Waals surface area contributed by atoms with Gasteiger partial charge in [0.15, 0.2) is 0 Å². The summed E-state index contributed by atoms with van der Waals surface area (Å²) in [7, 11) is 0. The maximum Gasteiger partial charge on any atom is 0.243 e. The van der Waals surface area contributed by atoms with Crippen molar-refractivity contribution in [2.45, 2.75) is 52.0 Å². The van der Waals surface area contributed by atoms with Gasteiger partial charge in [-0.3, -0.25) is 0 Å². The van der Waals surface area contributed by atoms with Crippen molar-refractivity contribution in [3.8, 4) is 0 Å². The predicted octanol–water partition coefficient (Wildman–Crippen LogP) is 2.16. The van der Waals surface area contributed by atoms with Crippen molar-refractivity contribution in [1.82, 2.24) is 15.2 Å². The fraction of sp³-hybridized carbons (Fsp3) is 0.800. The van der Waals surface area contributed by atoms with Gasteiger partial charge in [0.05, 0.1) is 0 Å². The number of rotatable bonds is 7. The van der Waals surface area contributed by atoms with Gasteiger partial charge in [-0.1, -0.05) is 32.6 Å². The van der Waals surface area contributed by atoms with Gasteiger partial charge in [-0.15, -0.1) is 5.10 Å². The Morgan fingerprint density at radius 2 is 2.20 bits per heavy atom. The van der Waals surface area contributed by atoms with Crippen molar-refractivity contribution in [3.63, 3.8) is 0 Å². The van der Waals surface area contributed by atoms with Crippen molar-refractivity contribution in [3.05, 3.63) is 0 Å². The number of hydrogen-bond donors (Lipinski definition) is 3. The van der Waals surface area contributed by atoms with Crippen LogP contribution in [0.25, 0.3) is 0 Å². The standard InChI is InChI=1S/C10H21N5/c1-3-4-5-6-7-8(2)12-10-13-9(11)14-15-10/h8H,3-7H2,1-2H3,(H4,11,12,13,14,15). The number of hydrogen-bond acceptors (Lipinski definition) is 4. The topological polar surface area (TPSA) is 79.6 Å². The first kappa shape index (κ1) is 11.8. The molecule has 5 nitrogen and oxygen atoms in total. The number of nitrogens with one attached hydrogen (secondary N) is 2. The van der Waals surface area contributed by atoms with Gasteiger partial charge < -0.3 is 11.1 Å². The number of unbranched alkanes of at least 4 members (excludes halogenated alkanes) is 3. The van der Waals surface area contributed by atoms with E-state index in [0.29, 0.717) is 17.9 Å². The van der Waals surface area contributed by atoms with Gasteiger partial charge >= 0.3 is 0 Å². The Kier molecular flexibility index (Phi) is 4.93. The molecule has 0 fully saturated rings. The lowest BCUT2D eigenvalue weighted by Crippen LogP contribution is -2.15. The van der Waals surface area contributed by atoms with Crippen LogP contribution in [-0.2, 0) is 0 Å². The highest BCUT2D eigenvalue weighted by Crippen LogP contribution is 2.09. The average molecular weight is 211 g/mol. The highest BCUT2D eigenvalue weighted by atomic mass is 15.3. The zero-order chi connectivity index (χ0) is 11.1. The van der Waals surface area contributed by atoms with Crippen molar-refractivity contribution in [1.29, 1.82) is 0 Å². The zero-order valence-electron chi connectivity index (χ0n) is 9.58. The van der Waals surface area contributed by atoms with E-state index in [9.17, 15) is 0 Å². The van der Waals surface area contributed by atoms with E-state index in [0.717, 1.165) is 6.42 Å². The average Bonchev–Trinajstić information content (AvgIpc) is 2.59. The summed E-state index contributed by atoms with van der Waals surface area (Å²) in [4.78, 5) is 4.00. The Morgan fingerprint density at radius 3 is 2.80 bits per heavy atom. The van der Waals surface area contributed by atoms with Crippen LogP contribution < -0.4 is 11.1 Å². The van der Waals surface area contributed by atoms with Crippen LogP contribution in [0.5, 0.6) is 0 Å². The first-order valence-electron chi connectivity index (χ1n) is 5.66. The molecule has 5 heteroatoms. The van der Waals surface area contributed by atoms with Crippen LogP contribution in [0.2, 0.25) is 0 Å². The zero-order valence-corrected chi connectivity index (χ0v) is 9.58. The predicted molar refractivity (Wildman–Crippen MR) is 62.6 cm³/mol. The first-order valence-corrected chi connectivity index (χ1v) is 5.66. The smallest absolute Gasteiger partial charge is 0.243 e. The van der Waals surface area contributed by atoms with E-state index in [1.165, 1.54) is 25.7 Å². The molecule has 0 aliphatic carbocycles. The van der Waals surface area contributed by atoms with Crippen molar-refractivity contribution < 1.29 is 0 Å². The van der Waals surface area contributed by atoms with Gasteiger partial charge in [0.25, 0.3) is 0 Å². The summed E-state index contributed by atoms with van der Waals surface area (Å²) in [5, 5.41) is 9.74. The van der Waals surface area contributed by atoms with Gasteiger partial charge in [0, 0.05) is 6.04 Å². The van der Waals surface area contributed by atoms with E-state index in [2.05, 4.69) is 34.3 Å². The fourth-order valence-electron chi connectivity index (χ4n) is 1.51. The van der Waals surface area contributed by atoms with Crippen LogP contribution in [0.15, 0.2) is 0 Å². The molecule has 0 bridgehead atoms. The maximum absolute atomic E-state index is 5.42. The highest BCUT2D eigenvalue weighted by molar-refractivity contribution is 5.30. The van der Waals surface area contributed by atoms with Gasteiger partial charge in [0.2, 0.25) is 11.9 Å². The van der Waals surface area contributed by atoms with E-state index in [4.69, 9.17) is 5.73 Å². The van der Waals surface area contributed by atoms with Gasteiger partial charge in [0.1, 0.15) is 0 Å². The van der Waals surface area contributed by atoms with E-state index < -0.39 is 0 Å². The Hall–Kier alpha value is -1.26. The molecule has 86 valence electrons. The Bertz CT molecular complexity index is 271. The number of aromatic nitrogens is 3. The van der Waals surface area contributed by atoms with Crippen LogP contribution in [0.1, 0.15) is 46.0 Å². The van der Waals surface area contributed by atoms with Crippen LogP contribution in [0.3, 0.4) is 0 Å². The molecule has 0 aromatic carbocycles. The molecule has 1 unspecified atom stereocenters. The molecular weight excluding hydrogens is 190 g/mol. The third-order valence-electron chi connectivity index (χ3n) is 2.37. The number of nitrogens with two attached hydrogens (primary N) is 1. The molecule has 0 radical (unpaired) electrons. The normalized spacial score (nSPS) is 12.7. The summed E-state index contributed by atoms with van der Waals surface area (Å²) < 4.78 is 0. The quantitative estimate of drug-likeness (QED) is 0.604. The van der Waals surface area contributed by atoms with Gasteiger partial charge in [-0.25, -0.2) is 5.10 Å². The molecule has 0 aliphatic rings. The summed E-state index contributed by atoms with van der Waals surface area (Å²) in [6.45, 7) is 4.36. The molecule has 0 amide bonds. The Labute approximate surface area is 90.9 Å². The first-order chi connectivity index (χ1) is 7.22. The van der Waals surface area contributed by atoms with Crippen LogP contribution in [0.4, 0.5) is 11.9 Å². The third kappa shape index (κ3) is 4.67. The Balaban J connectivity index is 2.15. The van der Waals surface area contributed by atoms with Crippen molar-refractivity contribution in [2.75, 3.05) is 11.1 Å². The molecule has 4 N–H and O–H groups in total. The summed E-state index contributed by atoms with van der Waals surface area (Å²) in [5.74, 6) is 0.950. The molecule has 15 heavy (non-hydrogen) atoms. The van der Waals surface area contributed by atoms with E-state index in [-0.39, 0.29) is 0 Å². The summed E-state index contributed by atoms with van der Waals surface area (Å²) in [6, 6.07) is 0.400. The summed E-state index contributed by atoms with van der Waals surface area (Å²) in [5.41, 5.74) is 5.42. The number of H-pyrrole nitrogens is 1. The minimum atomic E-state index is 0.357. The minimum absolute atomic E-state index is 0.357. The summed E-state index contributed by atoms with van der Waals surface area (Å²) >= 11 is 0. The lowest BCUT2D eigenvalue weighted by molar-refractivity contribution is 0.592. The van der Waals surface area contributed by atoms with E-state index in [1.54, 1.807) is 0 Å². The van der Waals surface area contributed by atoms with E-state index in [1.807, 2.05) is 0 Å². The molecule has 0 spiro atoms. The Morgan fingerprint density at radius 1 is 1.40 bits per heavy atom.